The van der Waals surface area contributed by atoms with Gasteiger partial charge in [-0.2, -0.15) is 0 Å². The van der Waals surface area contributed by atoms with Crippen LogP contribution in [0, 0.1) is 11.8 Å². The van der Waals surface area contributed by atoms with Gasteiger partial charge in [0.25, 0.3) is 0 Å². The topological polar surface area (TPSA) is 33.3 Å². The van der Waals surface area contributed by atoms with Crippen LogP contribution in [-0.2, 0) is 0 Å². The van der Waals surface area contributed by atoms with Crippen LogP contribution in [0.4, 0.5) is 5.69 Å². The van der Waals surface area contributed by atoms with Gasteiger partial charge in [0, 0.05) is 17.8 Å². The molecule has 1 aliphatic carbocycles. The first kappa shape index (κ1) is 15.1. The molecule has 0 bridgehead atoms. The predicted octanol–water partition coefficient (Wildman–Crippen LogP) is 3.81. The third-order valence-electron chi connectivity index (χ3n) is 4.35. The molecule has 20 heavy (non-hydrogen) atoms. The van der Waals surface area contributed by atoms with E-state index in [4.69, 9.17) is 17.0 Å². The van der Waals surface area contributed by atoms with E-state index in [1.165, 1.54) is 19.3 Å². The predicted molar refractivity (Wildman–Crippen MR) is 88.3 cm³/mol. The van der Waals surface area contributed by atoms with Crippen LogP contribution < -0.4 is 15.4 Å². The Morgan fingerprint density at radius 2 is 2.10 bits per heavy atom. The van der Waals surface area contributed by atoms with Crippen molar-refractivity contribution in [3.8, 4) is 5.75 Å². The van der Waals surface area contributed by atoms with Gasteiger partial charge >= 0.3 is 0 Å². The fraction of sp³-hybridized carbons (Fsp3) is 0.562. The maximum atomic E-state index is 5.42. The lowest BCUT2D eigenvalue weighted by atomic mass is 9.78. The molecule has 0 aliphatic heterocycles. The molecule has 2 N–H and O–H groups in total. The van der Waals surface area contributed by atoms with E-state index >= 15 is 0 Å². The third kappa shape index (κ3) is 3.85. The van der Waals surface area contributed by atoms with Crippen molar-refractivity contribution in [1.29, 1.82) is 0 Å². The van der Waals surface area contributed by atoms with E-state index in [1.54, 1.807) is 7.11 Å². The Morgan fingerprint density at radius 1 is 1.30 bits per heavy atom. The van der Waals surface area contributed by atoms with Crippen LogP contribution in [0.3, 0.4) is 0 Å². The van der Waals surface area contributed by atoms with Gasteiger partial charge in [-0.25, -0.2) is 0 Å². The average molecular weight is 292 g/mol. The summed E-state index contributed by atoms with van der Waals surface area (Å²) in [4.78, 5) is 0. The van der Waals surface area contributed by atoms with Gasteiger partial charge in [-0.15, -0.1) is 0 Å². The Balaban J connectivity index is 1.91. The summed E-state index contributed by atoms with van der Waals surface area (Å²) in [7, 11) is 1.67. The second kappa shape index (κ2) is 6.93. The molecule has 1 aliphatic rings. The van der Waals surface area contributed by atoms with Crippen molar-refractivity contribution in [2.75, 3.05) is 12.4 Å². The van der Waals surface area contributed by atoms with Crippen molar-refractivity contribution in [1.82, 2.24) is 5.32 Å². The van der Waals surface area contributed by atoms with Crippen molar-refractivity contribution in [2.45, 2.75) is 39.2 Å². The van der Waals surface area contributed by atoms with E-state index in [0.717, 1.165) is 17.4 Å². The van der Waals surface area contributed by atoms with Crippen molar-refractivity contribution >= 4 is 23.0 Å². The zero-order valence-corrected chi connectivity index (χ0v) is 13.3. The summed E-state index contributed by atoms with van der Waals surface area (Å²) in [6, 6.07) is 8.29. The van der Waals surface area contributed by atoms with Gasteiger partial charge in [-0.1, -0.05) is 32.8 Å². The fourth-order valence-electron chi connectivity index (χ4n) is 2.82. The van der Waals surface area contributed by atoms with E-state index in [1.807, 2.05) is 24.3 Å². The molecule has 0 saturated heterocycles. The number of benzene rings is 1. The molecule has 3 nitrogen and oxygen atoms in total. The molecule has 110 valence electrons. The van der Waals surface area contributed by atoms with Gasteiger partial charge < -0.3 is 15.4 Å². The minimum Gasteiger partial charge on any atom is -0.497 e. The summed E-state index contributed by atoms with van der Waals surface area (Å²) in [5.41, 5.74) is 0.957. The largest absolute Gasteiger partial charge is 0.497 e. The SMILES string of the molecule is COc1cccc(NC(=S)N[C@H]2CCC[C@@H](C)[C@H]2C)c1. The highest BCUT2D eigenvalue weighted by molar-refractivity contribution is 7.80. The van der Waals surface area contributed by atoms with Gasteiger partial charge in [0.1, 0.15) is 5.75 Å². The van der Waals surface area contributed by atoms with Gasteiger partial charge in [-0.05, 0) is 42.6 Å². The van der Waals surface area contributed by atoms with Crippen LogP contribution in [0.15, 0.2) is 24.3 Å². The van der Waals surface area contributed by atoms with E-state index < -0.39 is 0 Å². The minimum atomic E-state index is 0.476. The number of rotatable bonds is 3. The summed E-state index contributed by atoms with van der Waals surface area (Å²) in [5, 5.41) is 7.40. The molecule has 4 heteroatoms. The first-order valence-electron chi connectivity index (χ1n) is 7.31. The number of ether oxygens (including phenoxy) is 1. The Hall–Kier alpha value is -1.29. The summed E-state index contributed by atoms with van der Waals surface area (Å²) in [5.74, 6) is 2.26. The molecular formula is C16H24N2OS. The van der Waals surface area contributed by atoms with Gasteiger partial charge in [-0.3, -0.25) is 0 Å². The summed E-state index contributed by atoms with van der Waals surface area (Å²) in [6.45, 7) is 4.65. The number of thiocarbonyl (C=S) groups is 1. The van der Waals surface area contributed by atoms with Crippen LogP contribution in [0.2, 0.25) is 0 Å². The number of hydrogen-bond acceptors (Lipinski definition) is 2. The smallest absolute Gasteiger partial charge is 0.171 e. The highest BCUT2D eigenvalue weighted by Gasteiger charge is 2.27. The summed E-state index contributed by atoms with van der Waals surface area (Å²) >= 11 is 5.42. The van der Waals surface area contributed by atoms with Crippen LogP contribution >= 0.6 is 12.2 Å². The summed E-state index contributed by atoms with van der Waals surface area (Å²) < 4.78 is 5.21. The molecular weight excluding hydrogens is 268 g/mol. The second-order valence-electron chi connectivity index (χ2n) is 5.70. The van der Waals surface area contributed by atoms with Crippen LogP contribution in [0.25, 0.3) is 0 Å². The standard InChI is InChI=1S/C16H24N2OS/c1-11-6-4-9-15(12(11)2)18-16(20)17-13-7-5-8-14(10-13)19-3/h5,7-8,10-12,15H,4,6,9H2,1-3H3,(H2,17,18,20)/t11-,12-,15+/m1/s1. The highest BCUT2D eigenvalue weighted by Crippen LogP contribution is 2.29. The summed E-state index contributed by atoms with van der Waals surface area (Å²) in [6.07, 6.45) is 3.81. The lowest BCUT2D eigenvalue weighted by molar-refractivity contribution is 0.225. The highest BCUT2D eigenvalue weighted by atomic mass is 32.1. The normalized spacial score (nSPS) is 25.9. The van der Waals surface area contributed by atoms with Crippen molar-refractivity contribution in [3.63, 3.8) is 0 Å². The Kier molecular flexibility index (Phi) is 5.24. The molecule has 1 aromatic carbocycles. The molecule has 1 saturated carbocycles. The maximum absolute atomic E-state index is 5.42. The van der Waals surface area contributed by atoms with Crippen molar-refractivity contribution in [3.05, 3.63) is 24.3 Å². The van der Waals surface area contributed by atoms with E-state index in [2.05, 4.69) is 24.5 Å². The van der Waals surface area contributed by atoms with E-state index in [9.17, 15) is 0 Å². The lowest BCUT2D eigenvalue weighted by Gasteiger charge is -2.35. The molecule has 1 fully saturated rings. The minimum absolute atomic E-state index is 0.476. The maximum Gasteiger partial charge on any atom is 0.171 e. The number of nitrogens with one attached hydrogen (secondary N) is 2. The quantitative estimate of drug-likeness (QED) is 0.830. The fourth-order valence-corrected chi connectivity index (χ4v) is 3.09. The van der Waals surface area contributed by atoms with Gasteiger partial charge in [0.15, 0.2) is 5.11 Å². The molecule has 2 rings (SSSR count). The Labute approximate surface area is 127 Å². The van der Waals surface area contributed by atoms with Crippen LogP contribution in [-0.4, -0.2) is 18.3 Å². The number of methoxy groups -OCH3 is 1. The zero-order chi connectivity index (χ0) is 14.5. The first-order valence-corrected chi connectivity index (χ1v) is 7.72. The molecule has 0 spiro atoms. The Bertz CT molecular complexity index is 464. The zero-order valence-electron chi connectivity index (χ0n) is 12.5. The average Bonchev–Trinajstić information content (AvgIpc) is 2.44. The monoisotopic (exact) mass is 292 g/mol. The number of hydrogen-bond donors (Lipinski definition) is 2. The van der Waals surface area contributed by atoms with E-state index in [-0.39, 0.29) is 0 Å². The molecule has 0 heterocycles. The van der Waals surface area contributed by atoms with Crippen LogP contribution in [0.5, 0.6) is 5.75 Å². The Morgan fingerprint density at radius 3 is 2.85 bits per heavy atom. The lowest BCUT2D eigenvalue weighted by Crippen LogP contribution is -2.45. The first-order chi connectivity index (χ1) is 9.60. The molecule has 0 radical (unpaired) electrons. The molecule has 0 unspecified atom stereocenters. The number of anilines is 1. The van der Waals surface area contributed by atoms with Crippen molar-refractivity contribution < 1.29 is 4.74 Å². The molecule has 1 aromatic rings. The molecule has 3 atom stereocenters. The molecule has 0 aromatic heterocycles. The van der Waals surface area contributed by atoms with Gasteiger partial charge in [0.05, 0.1) is 7.11 Å². The third-order valence-corrected chi connectivity index (χ3v) is 4.57. The van der Waals surface area contributed by atoms with Gasteiger partial charge in [0.2, 0.25) is 0 Å². The van der Waals surface area contributed by atoms with Crippen molar-refractivity contribution in [2.24, 2.45) is 11.8 Å². The van der Waals surface area contributed by atoms with E-state index in [0.29, 0.717) is 17.1 Å². The molecule has 0 amide bonds. The second-order valence-corrected chi connectivity index (χ2v) is 6.11. The van der Waals surface area contributed by atoms with Crippen LogP contribution in [0.1, 0.15) is 33.1 Å².